The summed E-state index contributed by atoms with van der Waals surface area (Å²) in [7, 11) is -3.20. The van der Waals surface area contributed by atoms with Crippen molar-refractivity contribution in [3.8, 4) is 0 Å². The molecule has 3 heterocycles. The Bertz CT molecular complexity index is 965. The van der Waals surface area contributed by atoms with Crippen LogP contribution in [0.25, 0.3) is 0 Å². The van der Waals surface area contributed by atoms with E-state index in [4.69, 9.17) is 0 Å². The van der Waals surface area contributed by atoms with Crippen molar-refractivity contribution in [2.75, 3.05) is 31.6 Å². The third-order valence-electron chi connectivity index (χ3n) is 4.40. The number of carbonyl (C=O) groups is 2. The predicted octanol–water partition coefficient (Wildman–Crippen LogP) is 2.45. The number of pyridine rings is 1. The second-order valence-electron chi connectivity index (χ2n) is 6.78. The molecule has 1 fully saturated rings. The van der Waals surface area contributed by atoms with E-state index in [2.05, 4.69) is 9.71 Å². The first-order valence-electron chi connectivity index (χ1n) is 9.26. The second kappa shape index (κ2) is 9.84. The Morgan fingerprint density at radius 2 is 1.97 bits per heavy atom. The molecule has 156 valence electrons. The lowest BCUT2D eigenvalue weighted by Crippen LogP contribution is -2.27. The van der Waals surface area contributed by atoms with Crippen LogP contribution in [0.2, 0.25) is 0 Å². The zero-order chi connectivity index (χ0) is 20.9. The van der Waals surface area contributed by atoms with E-state index >= 15 is 0 Å². The number of hydrogen-bond donors (Lipinski definition) is 1. The highest BCUT2D eigenvalue weighted by molar-refractivity contribution is 8.00. The van der Waals surface area contributed by atoms with Crippen LogP contribution in [0, 0.1) is 0 Å². The van der Waals surface area contributed by atoms with E-state index < -0.39 is 10.0 Å². The Morgan fingerprint density at radius 1 is 1.21 bits per heavy atom. The normalized spacial score (nSPS) is 14.3. The van der Waals surface area contributed by atoms with Gasteiger partial charge in [-0.25, -0.2) is 18.1 Å². The zero-order valence-electron chi connectivity index (χ0n) is 16.1. The van der Waals surface area contributed by atoms with Crippen molar-refractivity contribution < 1.29 is 18.0 Å². The number of amides is 1. The van der Waals surface area contributed by atoms with Crippen LogP contribution in [0.5, 0.6) is 0 Å². The number of rotatable bonds is 9. The third-order valence-corrected chi connectivity index (χ3v) is 7.26. The van der Waals surface area contributed by atoms with E-state index in [-0.39, 0.29) is 17.4 Å². The van der Waals surface area contributed by atoms with Crippen LogP contribution in [-0.4, -0.2) is 61.6 Å². The van der Waals surface area contributed by atoms with E-state index in [9.17, 15) is 18.0 Å². The number of nitrogens with one attached hydrogen (secondary N) is 1. The lowest BCUT2D eigenvalue weighted by Gasteiger charge is -2.14. The summed E-state index contributed by atoms with van der Waals surface area (Å²) in [5, 5.41) is 0.699. The lowest BCUT2D eigenvalue weighted by molar-refractivity contribution is 0.0792. The number of thiophene rings is 1. The Labute approximate surface area is 179 Å². The van der Waals surface area contributed by atoms with Crippen LogP contribution >= 0.6 is 23.1 Å². The van der Waals surface area contributed by atoms with Crippen LogP contribution in [0.4, 0.5) is 0 Å². The van der Waals surface area contributed by atoms with Crippen LogP contribution in [0.1, 0.15) is 37.7 Å². The molecule has 0 spiro atoms. The van der Waals surface area contributed by atoms with Gasteiger partial charge in [-0.05, 0) is 43.5 Å². The molecular formula is C19H23N3O4S3. The standard InChI is InChI=1S/C19H23N3O4S3/c1-29(25,26)21-9-8-15-5-6-17(28-15)16(23)13-27-18-7-4-14(12-20-18)19(24)22-10-2-3-11-22/h4-7,12,21H,2-3,8-11,13H2,1H3. The number of likely N-dealkylation sites (tertiary alicyclic amines) is 1. The van der Waals surface area contributed by atoms with Crippen molar-refractivity contribution >= 4 is 44.8 Å². The summed E-state index contributed by atoms with van der Waals surface area (Å²) in [4.78, 5) is 32.5. The monoisotopic (exact) mass is 453 g/mol. The Kier molecular flexibility index (Phi) is 7.44. The van der Waals surface area contributed by atoms with Gasteiger partial charge in [0.25, 0.3) is 5.91 Å². The Balaban J connectivity index is 1.48. The molecule has 0 bridgehead atoms. The van der Waals surface area contributed by atoms with Crippen LogP contribution in [0.3, 0.4) is 0 Å². The second-order valence-corrected chi connectivity index (χ2v) is 10.8. The first-order chi connectivity index (χ1) is 13.8. The molecule has 0 unspecified atom stereocenters. The minimum atomic E-state index is -3.20. The van der Waals surface area contributed by atoms with Crippen molar-refractivity contribution in [3.05, 3.63) is 45.8 Å². The van der Waals surface area contributed by atoms with Crippen molar-refractivity contribution in [1.29, 1.82) is 0 Å². The number of thioether (sulfide) groups is 1. The number of sulfonamides is 1. The van der Waals surface area contributed by atoms with E-state index in [1.165, 1.54) is 23.1 Å². The molecule has 29 heavy (non-hydrogen) atoms. The van der Waals surface area contributed by atoms with Crippen molar-refractivity contribution in [2.24, 2.45) is 0 Å². The number of ketones is 1. The van der Waals surface area contributed by atoms with Crippen molar-refractivity contribution in [1.82, 2.24) is 14.6 Å². The quantitative estimate of drug-likeness (QED) is 0.463. The van der Waals surface area contributed by atoms with Gasteiger partial charge in [-0.15, -0.1) is 11.3 Å². The van der Waals surface area contributed by atoms with Gasteiger partial charge in [0, 0.05) is 30.7 Å². The summed E-state index contributed by atoms with van der Waals surface area (Å²) >= 11 is 2.71. The smallest absolute Gasteiger partial charge is 0.255 e. The summed E-state index contributed by atoms with van der Waals surface area (Å²) in [6.07, 6.45) is 5.34. The first kappa shape index (κ1) is 21.9. The number of Topliss-reactive ketones (excluding diaryl/α,β-unsaturated/α-hetero) is 1. The van der Waals surface area contributed by atoms with Gasteiger partial charge in [-0.1, -0.05) is 11.8 Å². The average Bonchev–Trinajstić information content (AvgIpc) is 3.37. The molecular weight excluding hydrogens is 430 g/mol. The maximum Gasteiger partial charge on any atom is 0.255 e. The molecule has 1 N–H and O–H groups in total. The molecule has 1 amide bonds. The van der Waals surface area contributed by atoms with Crippen LogP contribution in [-0.2, 0) is 16.4 Å². The molecule has 0 aliphatic carbocycles. The number of aromatic nitrogens is 1. The zero-order valence-corrected chi connectivity index (χ0v) is 18.5. The molecule has 2 aromatic rings. The topological polar surface area (TPSA) is 96.4 Å². The van der Waals surface area contributed by atoms with Crippen LogP contribution < -0.4 is 4.72 Å². The molecule has 3 rings (SSSR count). The van der Waals surface area contributed by atoms with Crippen LogP contribution in [0.15, 0.2) is 35.5 Å². The minimum absolute atomic E-state index is 0.00124. The average molecular weight is 454 g/mol. The molecule has 7 nitrogen and oxygen atoms in total. The van der Waals surface area contributed by atoms with Gasteiger partial charge in [0.1, 0.15) is 0 Å². The highest BCUT2D eigenvalue weighted by Crippen LogP contribution is 2.22. The minimum Gasteiger partial charge on any atom is -0.339 e. The number of carbonyl (C=O) groups excluding carboxylic acids is 2. The van der Waals surface area contributed by atoms with E-state index in [0.717, 1.165) is 37.1 Å². The fourth-order valence-corrected chi connectivity index (χ4v) is 5.16. The largest absolute Gasteiger partial charge is 0.339 e. The number of nitrogens with zero attached hydrogens (tertiary/aromatic N) is 2. The SMILES string of the molecule is CS(=O)(=O)NCCc1ccc(C(=O)CSc2ccc(C(=O)N3CCCC3)cn2)s1. The van der Waals surface area contributed by atoms with Gasteiger partial charge in [-0.3, -0.25) is 9.59 Å². The maximum atomic E-state index is 12.4. The molecule has 2 aromatic heterocycles. The van der Waals surface area contributed by atoms with Gasteiger partial charge in [0.15, 0.2) is 5.78 Å². The molecule has 0 saturated carbocycles. The van der Waals surface area contributed by atoms with E-state index in [1.807, 2.05) is 11.0 Å². The van der Waals surface area contributed by atoms with E-state index in [1.54, 1.807) is 24.4 Å². The fraction of sp³-hybridized carbons (Fsp3) is 0.421. The maximum absolute atomic E-state index is 12.4. The van der Waals surface area contributed by atoms with Gasteiger partial charge in [-0.2, -0.15) is 0 Å². The molecule has 0 radical (unpaired) electrons. The van der Waals surface area contributed by atoms with Gasteiger partial charge in [0.05, 0.1) is 27.5 Å². The predicted molar refractivity (Wildman–Crippen MR) is 115 cm³/mol. The molecule has 1 saturated heterocycles. The Morgan fingerprint density at radius 3 is 2.62 bits per heavy atom. The van der Waals surface area contributed by atoms with E-state index in [0.29, 0.717) is 28.4 Å². The number of hydrogen-bond acceptors (Lipinski definition) is 7. The van der Waals surface area contributed by atoms with Crippen molar-refractivity contribution in [3.63, 3.8) is 0 Å². The third kappa shape index (κ3) is 6.63. The van der Waals surface area contributed by atoms with Gasteiger partial charge >= 0.3 is 0 Å². The summed E-state index contributed by atoms with van der Waals surface area (Å²) in [6, 6.07) is 7.16. The van der Waals surface area contributed by atoms with Gasteiger partial charge in [0.2, 0.25) is 10.0 Å². The van der Waals surface area contributed by atoms with Crippen molar-refractivity contribution in [2.45, 2.75) is 24.3 Å². The summed E-state index contributed by atoms with van der Waals surface area (Å²) in [5.74, 6) is 0.272. The summed E-state index contributed by atoms with van der Waals surface area (Å²) in [6.45, 7) is 1.92. The highest BCUT2D eigenvalue weighted by atomic mass is 32.2. The first-order valence-corrected chi connectivity index (χ1v) is 13.0. The molecule has 1 aliphatic heterocycles. The summed E-state index contributed by atoms with van der Waals surface area (Å²) < 4.78 is 24.6. The Hall–Kier alpha value is -1.75. The summed E-state index contributed by atoms with van der Waals surface area (Å²) in [5.41, 5.74) is 0.577. The highest BCUT2D eigenvalue weighted by Gasteiger charge is 2.19. The fourth-order valence-electron chi connectivity index (χ4n) is 2.93. The van der Waals surface area contributed by atoms with Gasteiger partial charge < -0.3 is 4.90 Å². The molecule has 0 atom stereocenters. The molecule has 1 aliphatic rings. The molecule has 10 heteroatoms. The molecule has 0 aromatic carbocycles. The lowest BCUT2D eigenvalue weighted by atomic mass is 10.2.